The Morgan fingerprint density at radius 2 is 2.03 bits per heavy atom. The third kappa shape index (κ3) is 4.83. The van der Waals surface area contributed by atoms with Crippen molar-refractivity contribution in [1.29, 1.82) is 0 Å². The fourth-order valence-electron chi connectivity index (χ4n) is 4.96. The number of rotatable bonds is 5. The highest BCUT2D eigenvalue weighted by atomic mass is 16.5. The van der Waals surface area contributed by atoms with E-state index in [-0.39, 0.29) is 11.7 Å². The van der Waals surface area contributed by atoms with Crippen LogP contribution in [0.1, 0.15) is 49.2 Å². The van der Waals surface area contributed by atoms with Gasteiger partial charge in [0.25, 0.3) is 5.56 Å². The summed E-state index contributed by atoms with van der Waals surface area (Å²) in [6.07, 6.45) is 11.5. The van der Waals surface area contributed by atoms with E-state index in [1.807, 2.05) is 19.2 Å². The molecule has 0 radical (unpaired) electrons. The SMILES string of the molecule is Cc1nccc(CC2CCC(Oc3cc(C4=CCOCC4)cc4ncc(=O)n(C)c34)CC2)n1. The summed E-state index contributed by atoms with van der Waals surface area (Å²) in [5.41, 5.74) is 4.88. The smallest absolute Gasteiger partial charge is 0.269 e. The second-order valence-corrected chi connectivity index (χ2v) is 9.11. The van der Waals surface area contributed by atoms with Crippen LogP contribution in [0.4, 0.5) is 0 Å². The number of benzene rings is 1. The average molecular weight is 447 g/mol. The lowest BCUT2D eigenvalue weighted by Gasteiger charge is -2.29. The molecule has 3 aromatic rings. The fourth-order valence-corrected chi connectivity index (χ4v) is 4.96. The van der Waals surface area contributed by atoms with E-state index in [1.165, 1.54) is 11.8 Å². The van der Waals surface area contributed by atoms with Crippen LogP contribution in [0.3, 0.4) is 0 Å². The molecule has 7 nitrogen and oxygen atoms in total. The summed E-state index contributed by atoms with van der Waals surface area (Å²) >= 11 is 0. The summed E-state index contributed by atoms with van der Waals surface area (Å²) < 4.78 is 13.7. The zero-order valence-electron chi connectivity index (χ0n) is 19.3. The van der Waals surface area contributed by atoms with Gasteiger partial charge in [-0.2, -0.15) is 0 Å². The van der Waals surface area contributed by atoms with E-state index < -0.39 is 0 Å². The van der Waals surface area contributed by atoms with E-state index in [1.54, 1.807) is 11.6 Å². The zero-order valence-corrected chi connectivity index (χ0v) is 19.3. The van der Waals surface area contributed by atoms with Crippen LogP contribution in [0.25, 0.3) is 16.6 Å². The Morgan fingerprint density at radius 3 is 2.79 bits per heavy atom. The molecule has 1 fully saturated rings. The summed E-state index contributed by atoms with van der Waals surface area (Å²) in [4.78, 5) is 25.5. The van der Waals surface area contributed by atoms with Gasteiger partial charge in [0, 0.05) is 18.9 Å². The molecule has 0 unspecified atom stereocenters. The largest absolute Gasteiger partial charge is 0.488 e. The molecule has 0 spiro atoms. The molecule has 0 amide bonds. The Labute approximate surface area is 193 Å². The first-order valence-corrected chi connectivity index (χ1v) is 11.8. The first-order chi connectivity index (χ1) is 16.1. The Hall–Kier alpha value is -3.06. The molecule has 1 aliphatic heterocycles. The van der Waals surface area contributed by atoms with Gasteiger partial charge in [-0.15, -0.1) is 0 Å². The van der Waals surface area contributed by atoms with Crippen LogP contribution in [0, 0.1) is 12.8 Å². The minimum atomic E-state index is -0.130. The van der Waals surface area contributed by atoms with Crippen molar-refractivity contribution in [3.05, 3.63) is 64.1 Å². The number of hydrogen-bond acceptors (Lipinski definition) is 6. The molecule has 1 saturated carbocycles. The Morgan fingerprint density at radius 1 is 1.18 bits per heavy atom. The van der Waals surface area contributed by atoms with Crippen molar-refractivity contribution in [2.45, 2.75) is 51.6 Å². The topological polar surface area (TPSA) is 79.1 Å². The lowest BCUT2D eigenvalue weighted by atomic mass is 9.84. The number of hydrogen-bond donors (Lipinski definition) is 0. The van der Waals surface area contributed by atoms with Gasteiger partial charge < -0.3 is 14.0 Å². The minimum absolute atomic E-state index is 0.130. The normalized spacial score (nSPS) is 21.1. The van der Waals surface area contributed by atoms with Gasteiger partial charge in [-0.25, -0.2) is 15.0 Å². The highest BCUT2D eigenvalue weighted by Gasteiger charge is 2.25. The molecule has 2 aliphatic rings. The van der Waals surface area contributed by atoms with Crippen LogP contribution in [-0.2, 0) is 18.2 Å². The van der Waals surface area contributed by atoms with Crippen molar-refractivity contribution in [2.75, 3.05) is 13.2 Å². The predicted octanol–water partition coefficient (Wildman–Crippen LogP) is 4.02. The Kier molecular flexibility index (Phi) is 6.22. The van der Waals surface area contributed by atoms with E-state index in [9.17, 15) is 4.79 Å². The predicted molar refractivity (Wildman–Crippen MR) is 127 cm³/mol. The van der Waals surface area contributed by atoms with Gasteiger partial charge in [-0.3, -0.25) is 4.79 Å². The molecule has 2 aromatic heterocycles. The standard InChI is InChI=1S/C26H30N4O3/c1-17-27-10-7-21(29-17)13-18-3-5-22(6-4-18)33-24-15-20(19-8-11-32-12-9-19)14-23-26(24)30(2)25(31)16-28-23/h7-8,10,14-16,18,22H,3-6,9,11-13H2,1-2H3. The zero-order chi connectivity index (χ0) is 22.8. The summed E-state index contributed by atoms with van der Waals surface area (Å²) in [7, 11) is 1.78. The fraction of sp³-hybridized carbons (Fsp3) is 0.462. The second kappa shape index (κ2) is 9.43. The number of ether oxygens (including phenoxy) is 2. The first-order valence-electron chi connectivity index (χ1n) is 11.8. The van der Waals surface area contributed by atoms with Crippen molar-refractivity contribution in [3.8, 4) is 5.75 Å². The third-order valence-electron chi connectivity index (χ3n) is 6.79. The molecule has 0 N–H and O–H groups in total. The molecular formula is C26H30N4O3. The second-order valence-electron chi connectivity index (χ2n) is 9.11. The molecule has 33 heavy (non-hydrogen) atoms. The van der Waals surface area contributed by atoms with Crippen LogP contribution in [0.5, 0.6) is 5.75 Å². The number of fused-ring (bicyclic) bond motifs is 1. The van der Waals surface area contributed by atoms with Gasteiger partial charge in [0.15, 0.2) is 0 Å². The number of aromatic nitrogens is 4. The minimum Gasteiger partial charge on any atom is -0.488 e. The monoisotopic (exact) mass is 446 g/mol. The first kappa shape index (κ1) is 21.8. The van der Waals surface area contributed by atoms with Crippen molar-refractivity contribution >= 4 is 16.6 Å². The van der Waals surface area contributed by atoms with Gasteiger partial charge in [0.05, 0.1) is 31.0 Å². The van der Waals surface area contributed by atoms with Crippen molar-refractivity contribution < 1.29 is 9.47 Å². The maximum absolute atomic E-state index is 12.3. The quantitative estimate of drug-likeness (QED) is 0.589. The highest BCUT2D eigenvalue weighted by Crippen LogP contribution is 2.35. The van der Waals surface area contributed by atoms with E-state index >= 15 is 0 Å². The van der Waals surface area contributed by atoms with E-state index in [0.29, 0.717) is 12.5 Å². The van der Waals surface area contributed by atoms with Crippen LogP contribution in [0.15, 0.2) is 41.5 Å². The molecular weight excluding hydrogens is 416 g/mol. The maximum atomic E-state index is 12.3. The van der Waals surface area contributed by atoms with Gasteiger partial charge >= 0.3 is 0 Å². The lowest BCUT2D eigenvalue weighted by molar-refractivity contribution is 0.132. The van der Waals surface area contributed by atoms with Gasteiger partial charge in [0.2, 0.25) is 0 Å². The van der Waals surface area contributed by atoms with Crippen LogP contribution in [-0.4, -0.2) is 38.8 Å². The number of aryl methyl sites for hydroxylation is 2. The van der Waals surface area contributed by atoms with Gasteiger partial charge in [-0.05, 0) is 80.7 Å². The summed E-state index contributed by atoms with van der Waals surface area (Å²) in [5.74, 6) is 2.19. The van der Waals surface area contributed by atoms with Crippen molar-refractivity contribution in [3.63, 3.8) is 0 Å². The van der Waals surface area contributed by atoms with Crippen LogP contribution < -0.4 is 10.3 Å². The summed E-state index contributed by atoms with van der Waals surface area (Å²) in [6, 6.07) is 6.15. The summed E-state index contributed by atoms with van der Waals surface area (Å²) in [6.45, 7) is 3.28. The van der Waals surface area contributed by atoms with Crippen molar-refractivity contribution in [2.24, 2.45) is 13.0 Å². The Bertz CT molecular complexity index is 1240. The molecule has 7 heteroatoms. The van der Waals surface area contributed by atoms with E-state index in [0.717, 1.165) is 79.0 Å². The third-order valence-corrected chi connectivity index (χ3v) is 6.79. The van der Waals surface area contributed by atoms with E-state index in [4.69, 9.17) is 9.47 Å². The molecule has 3 heterocycles. The molecule has 1 aliphatic carbocycles. The van der Waals surface area contributed by atoms with Gasteiger partial charge in [0.1, 0.15) is 17.1 Å². The average Bonchev–Trinajstić information content (AvgIpc) is 2.83. The molecule has 172 valence electrons. The number of nitrogens with zero attached hydrogens (tertiary/aromatic N) is 4. The Balaban J connectivity index is 1.36. The maximum Gasteiger partial charge on any atom is 0.269 e. The van der Waals surface area contributed by atoms with E-state index in [2.05, 4.69) is 33.2 Å². The van der Waals surface area contributed by atoms with Crippen LogP contribution >= 0.6 is 0 Å². The molecule has 1 aromatic carbocycles. The molecule has 0 saturated heterocycles. The van der Waals surface area contributed by atoms with Crippen molar-refractivity contribution in [1.82, 2.24) is 19.5 Å². The summed E-state index contributed by atoms with van der Waals surface area (Å²) in [5, 5.41) is 0. The highest BCUT2D eigenvalue weighted by molar-refractivity contribution is 5.86. The molecule has 0 bridgehead atoms. The van der Waals surface area contributed by atoms with Crippen LogP contribution in [0.2, 0.25) is 0 Å². The lowest BCUT2D eigenvalue weighted by Crippen LogP contribution is -2.26. The molecule has 0 atom stereocenters. The van der Waals surface area contributed by atoms with Gasteiger partial charge in [-0.1, -0.05) is 6.08 Å². The molecule has 5 rings (SSSR count).